The van der Waals surface area contributed by atoms with Crippen molar-refractivity contribution in [3.63, 3.8) is 0 Å². The zero-order valence-corrected chi connectivity index (χ0v) is 15.9. The Bertz CT molecular complexity index is 596. The van der Waals surface area contributed by atoms with E-state index in [0.717, 1.165) is 51.6 Å². The number of carboxylic acids is 1. The first kappa shape index (κ1) is 18.7. The van der Waals surface area contributed by atoms with Crippen molar-refractivity contribution >= 4 is 17.8 Å². The van der Waals surface area contributed by atoms with Crippen molar-refractivity contribution in [2.24, 2.45) is 17.8 Å². The van der Waals surface area contributed by atoms with Gasteiger partial charge in [-0.1, -0.05) is 0 Å². The monoisotopic (exact) mass is 377 g/mol. The van der Waals surface area contributed by atoms with Gasteiger partial charge in [-0.2, -0.15) is 0 Å². The van der Waals surface area contributed by atoms with Crippen LogP contribution in [0.5, 0.6) is 0 Å². The molecule has 1 saturated heterocycles. The first-order valence-corrected chi connectivity index (χ1v) is 10.5. The highest BCUT2D eigenvalue weighted by molar-refractivity contribution is 5.83. The van der Waals surface area contributed by atoms with Crippen molar-refractivity contribution in [1.82, 2.24) is 15.1 Å². The lowest BCUT2D eigenvalue weighted by molar-refractivity contribution is -0.141. The fraction of sp³-hybridized carbons (Fsp3) is 0.850. The Hall–Kier alpha value is -1.63. The van der Waals surface area contributed by atoms with Gasteiger partial charge in [-0.25, -0.2) is 0 Å². The molecular weight excluding hydrogens is 346 g/mol. The van der Waals surface area contributed by atoms with E-state index in [9.17, 15) is 14.4 Å². The molecule has 0 aromatic carbocycles. The Kier molecular flexibility index (Phi) is 5.39. The summed E-state index contributed by atoms with van der Waals surface area (Å²) < 4.78 is 0. The van der Waals surface area contributed by atoms with Crippen molar-refractivity contribution in [2.75, 3.05) is 26.2 Å². The van der Waals surface area contributed by atoms with Crippen molar-refractivity contribution in [3.05, 3.63) is 0 Å². The summed E-state index contributed by atoms with van der Waals surface area (Å²) in [5, 5.41) is 12.3. The number of aliphatic carboxylic acids is 1. The molecule has 2 N–H and O–H groups in total. The van der Waals surface area contributed by atoms with Gasteiger partial charge >= 0.3 is 5.97 Å². The second kappa shape index (κ2) is 7.78. The molecule has 0 bridgehead atoms. The Morgan fingerprint density at radius 1 is 1.04 bits per heavy atom. The fourth-order valence-corrected chi connectivity index (χ4v) is 4.45. The topological polar surface area (TPSA) is 89.9 Å². The molecule has 7 nitrogen and oxygen atoms in total. The largest absolute Gasteiger partial charge is 0.480 e. The molecule has 0 aromatic rings. The molecular formula is C20H31N3O4. The summed E-state index contributed by atoms with van der Waals surface area (Å²) in [4.78, 5) is 40.0. The van der Waals surface area contributed by atoms with Gasteiger partial charge in [0.15, 0.2) is 0 Å². The van der Waals surface area contributed by atoms with Crippen molar-refractivity contribution in [2.45, 2.75) is 63.5 Å². The highest BCUT2D eigenvalue weighted by atomic mass is 16.4. The molecule has 1 atom stereocenters. The third-order valence-electron chi connectivity index (χ3n) is 6.53. The van der Waals surface area contributed by atoms with Gasteiger partial charge in [-0.05, 0) is 57.3 Å². The molecule has 1 heterocycles. The van der Waals surface area contributed by atoms with Crippen LogP contribution in [0, 0.1) is 17.8 Å². The first-order valence-electron chi connectivity index (χ1n) is 10.5. The van der Waals surface area contributed by atoms with E-state index in [1.54, 1.807) is 0 Å². The van der Waals surface area contributed by atoms with Crippen LogP contribution >= 0.6 is 0 Å². The fourth-order valence-electron chi connectivity index (χ4n) is 4.45. The third-order valence-corrected chi connectivity index (χ3v) is 6.53. The maximum absolute atomic E-state index is 12.6. The van der Waals surface area contributed by atoms with E-state index in [2.05, 4.69) is 10.2 Å². The van der Waals surface area contributed by atoms with E-state index in [4.69, 9.17) is 5.11 Å². The average molecular weight is 377 g/mol. The lowest BCUT2D eigenvalue weighted by Crippen LogP contribution is -2.57. The number of hydrogen-bond acceptors (Lipinski definition) is 4. The summed E-state index contributed by atoms with van der Waals surface area (Å²) in [5.41, 5.74) is 0. The van der Waals surface area contributed by atoms with Crippen molar-refractivity contribution in [1.29, 1.82) is 0 Å². The Morgan fingerprint density at radius 2 is 1.78 bits per heavy atom. The summed E-state index contributed by atoms with van der Waals surface area (Å²) >= 11 is 0. The van der Waals surface area contributed by atoms with Crippen molar-refractivity contribution < 1.29 is 19.5 Å². The summed E-state index contributed by atoms with van der Waals surface area (Å²) in [6.45, 7) is 2.32. The van der Waals surface area contributed by atoms with Gasteiger partial charge in [0, 0.05) is 37.6 Å². The molecule has 0 spiro atoms. The second-order valence-electron chi connectivity index (χ2n) is 8.99. The minimum absolute atomic E-state index is 0.0683. The van der Waals surface area contributed by atoms with Gasteiger partial charge in [0.2, 0.25) is 11.8 Å². The molecule has 27 heavy (non-hydrogen) atoms. The first-order chi connectivity index (χ1) is 13.0. The molecule has 4 rings (SSSR count). The van der Waals surface area contributed by atoms with Crippen LogP contribution in [0.3, 0.4) is 0 Å². The highest BCUT2D eigenvalue weighted by Gasteiger charge is 2.40. The van der Waals surface area contributed by atoms with Crippen LogP contribution in [0.2, 0.25) is 0 Å². The van der Waals surface area contributed by atoms with Gasteiger partial charge < -0.3 is 15.3 Å². The standard InChI is InChI=1S/C20H31N3O4/c24-18(25)12-23(10-13-3-4-13)17-8-16(9-17)21-19(26)15-2-1-7-22(11-15)20(27)14-5-6-14/h13-17H,1-12H2,(H,21,26)(H,24,25). The molecule has 1 unspecified atom stereocenters. The molecule has 7 heteroatoms. The summed E-state index contributed by atoms with van der Waals surface area (Å²) in [6, 6.07) is 0.416. The number of nitrogens with zero attached hydrogens (tertiary/aromatic N) is 2. The van der Waals surface area contributed by atoms with Crippen LogP contribution < -0.4 is 5.32 Å². The molecule has 4 fully saturated rings. The maximum Gasteiger partial charge on any atom is 0.317 e. The van der Waals surface area contributed by atoms with Crippen LogP contribution in [0.4, 0.5) is 0 Å². The Morgan fingerprint density at radius 3 is 2.41 bits per heavy atom. The number of rotatable bonds is 8. The Labute approximate surface area is 160 Å². The van der Waals surface area contributed by atoms with Gasteiger partial charge in [0.1, 0.15) is 0 Å². The summed E-state index contributed by atoms with van der Waals surface area (Å²) in [5.74, 6) is 0.313. The van der Waals surface area contributed by atoms with Gasteiger partial charge in [0.05, 0.1) is 12.5 Å². The van der Waals surface area contributed by atoms with E-state index in [1.165, 1.54) is 12.8 Å². The number of nitrogens with one attached hydrogen (secondary N) is 1. The molecule has 4 aliphatic rings. The molecule has 3 aliphatic carbocycles. The summed E-state index contributed by atoms with van der Waals surface area (Å²) in [7, 11) is 0. The maximum atomic E-state index is 12.6. The van der Waals surface area contributed by atoms with Gasteiger partial charge in [-0.3, -0.25) is 19.3 Å². The molecule has 150 valence electrons. The minimum Gasteiger partial charge on any atom is -0.480 e. The van der Waals surface area contributed by atoms with Gasteiger partial charge in [-0.15, -0.1) is 0 Å². The van der Waals surface area contributed by atoms with E-state index >= 15 is 0 Å². The molecule has 0 radical (unpaired) electrons. The van der Waals surface area contributed by atoms with Crippen LogP contribution in [0.15, 0.2) is 0 Å². The van der Waals surface area contributed by atoms with E-state index < -0.39 is 5.97 Å². The average Bonchev–Trinajstić information content (AvgIpc) is 3.50. The number of amides is 2. The summed E-state index contributed by atoms with van der Waals surface area (Å²) in [6.07, 6.45) is 7.85. The van der Waals surface area contributed by atoms with Crippen LogP contribution in [0.1, 0.15) is 51.4 Å². The van der Waals surface area contributed by atoms with E-state index in [0.29, 0.717) is 12.5 Å². The van der Waals surface area contributed by atoms with Crippen LogP contribution in [0.25, 0.3) is 0 Å². The lowest BCUT2D eigenvalue weighted by atomic mass is 9.84. The number of piperidine rings is 1. The van der Waals surface area contributed by atoms with Gasteiger partial charge in [0.25, 0.3) is 0 Å². The number of carboxylic acid groups (broad SMARTS) is 1. The predicted octanol–water partition coefficient (Wildman–Crippen LogP) is 1.08. The zero-order chi connectivity index (χ0) is 19.0. The van der Waals surface area contributed by atoms with Crippen molar-refractivity contribution in [3.8, 4) is 0 Å². The third kappa shape index (κ3) is 4.81. The quantitative estimate of drug-likeness (QED) is 0.661. The molecule has 0 aromatic heterocycles. The second-order valence-corrected chi connectivity index (χ2v) is 8.99. The SMILES string of the molecule is O=C(O)CN(CC1CC1)C1CC(NC(=O)C2CCCN(C(=O)C3CC3)C2)C1. The van der Waals surface area contributed by atoms with Crippen LogP contribution in [-0.2, 0) is 14.4 Å². The number of hydrogen-bond donors (Lipinski definition) is 2. The van der Waals surface area contributed by atoms with Crippen LogP contribution in [-0.4, -0.2) is 71.0 Å². The molecule has 3 saturated carbocycles. The number of carbonyl (C=O) groups excluding carboxylic acids is 2. The minimum atomic E-state index is -0.772. The number of likely N-dealkylation sites (tertiary alicyclic amines) is 1. The molecule has 2 amide bonds. The normalized spacial score (nSPS) is 30.7. The molecule has 1 aliphatic heterocycles. The highest BCUT2D eigenvalue weighted by Crippen LogP contribution is 2.34. The number of carbonyl (C=O) groups is 3. The lowest BCUT2D eigenvalue weighted by Gasteiger charge is -2.43. The zero-order valence-electron chi connectivity index (χ0n) is 15.9. The Balaban J connectivity index is 1.22. The van der Waals surface area contributed by atoms with E-state index in [1.807, 2.05) is 4.90 Å². The van der Waals surface area contributed by atoms with E-state index in [-0.39, 0.29) is 42.3 Å². The smallest absolute Gasteiger partial charge is 0.317 e. The predicted molar refractivity (Wildman–Crippen MR) is 98.9 cm³/mol.